The largest absolute Gasteiger partial charge is 0.123 e. The number of allylic oxidation sites excluding steroid dienone is 1. The Morgan fingerprint density at radius 2 is 1.93 bits per heavy atom. The predicted octanol–water partition coefficient (Wildman–Crippen LogP) is 4.12. The van der Waals surface area contributed by atoms with Crippen LogP contribution in [0.3, 0.4) is 0 Å². The number of rotatable bonds is 1. The molecule has 0 nitrogen and oxygen atoms in total. The molecule has 0 amide bonds. The number of halogens is 1. The molecule has 1 aromatic rings. The maximum atomic E-state index is 6.19. The first-order valence-electron chi connectivity index (χ1n) is 5.14. The van der Waals surface area contributed by atoms with Crippen molar-refractivity contribution in [3.63, 3.8) is 0 Å². The highest BCUT2D eigenvalue weighted by Gasteiger charge is 2.24. The minimum Gasteiger partial charge on any atom is -0.123 e. The number of hydrogen-bond donors (Lipinski definition) is 0. The Hall–Kier alpha value is -0.750. The molecule has 2 atom stereocenters. The third-order valence-electron chi connectivity index (χ3n) is 2.96. The molecule has 1 heteroatoms. The Kier molecular flexibility index (Phi) is 2.93. The van der Waals surface area contributed by atoms with E-state index in [-0.39, 0.29) is 0 Å². The van der Waals surface area contributed by atoms with Gasteiger partial charge < -0.3 is 0 Å². The van der Waals surface area contributed by atoms with Crippen LogP contribution in [0.5, 0.6) is 0 Å². The van der Waals surface area contributed by atoms with E-state index in [4.69, 9.17) is 11.6 Å². The first-order valence-corrected chi connectivity index (χ1v) is 5.57. The minimum atomic E-state index is 0.325. The van der Waals surface area contributed by atoms with Crippen molar-refractivity contribution >= 4 is 11.6 Å². The van der Waals surface area contributed by atoms with Crippen molar-refractivity contribution in [2.45, 2.75) is 30.6 Å². The van der Waals surface area contributed by atoms with E-state index in [9.17, 15) is 0 Å². The summed E-state index contributed by atoms with van der Waals surface area (Å²) in [6.07, 6.45) is 3.21. The molecule has 0 saturated heterocycles. The first kappa shape index (κ1) is 9.79. The number of hydrogen-bond acceptors (Lipinski definition) is 0. The van der Waals surface area contributed by atoms with E-state index in [1.807, 2.05) is 6.07 Å². The summed E-state index contributed by atoms with van der Waals surface area (Å²) in [5.41, 5.74) is 2.70. The predicted molar refractivity (Wildman–Crippen MR) is 61.8 cm³/mol. The van der Waals surface area contributed by atoms with Crippen LogP contribution in [-0.4, -0.2) is 5.38 Å². The summed E-state index contributed by atoms with van der Waals surface area (Å²) in [6, 6.07) is 10.6. The van der Waals surface area contributed by atoms with Gasteiger partial charge in [0.2, 0.25) is 0 Å². The van der Waals surface area contributed by atoms with Gasteiger partial charge >= 0.3 is 0 Å². The van der Waals surface area contributed by atoms with Crippen molar-refractivity contribution in [2.75, 3.05) is 0 Å². The first-order chi connectivity index (χ1) is 6.77. The molecule has 74 valence electrons. The van der Waals surface area contributed by atoms with E-state index in [0.717, 1.165) is 19.3 Å². The molecule has 0 aliphatic heterocycles. The molecular weight excluding hydrogens is 192 g/mol. The molecule has 0 aromatic heterocycles. The van der Waals surface area contributed by atoms with Crippen molar-refractivity contribution in [1.29, 1.82) is 0 Å². The molecule has 1 aromatic carbocycles. The van der Waals surface area contributed by atoms with Crippen LogP contribution in [0.1, 0.15) is 30.7 Å². The fraction of sp³-hybridized carbons (Fsp3) is 0.385. The van der Waals surface area contributed by atoms with Gasteiger partial charge in [0.05, 0.1) is 0 Å². The van der Waals surface area contributed by atoms with Gasteiger partial charge in [-0.3, -0.25) is 0 Å². The van der Waals surface area contributed by atoms with Crippen LogP contribution in [0.15, 0.2) is 42.5 Å². The van der Waals surface area contributed by atoms with Gasteiger partial charge in [-0.2, -0.15) is 0 Å². The second kappa shape index (κ2) is 4.18. The lowest BCUT2D eigenvalue weighted by molar-refractivity contribution is 0.550. The van der Waals surface area contributed by atoms with Gasteiger partial charge in [0.1, 0.15) is 0 Å². The summed E-state index contributed by atoms with van der Waals surface area (Å²) in [5.74, 6) is 0.479. The Morgan fingerprint density at radius 3 is 2.64 bits per heavy atom. The Labute approximate surface area is 90.6 Å². The Balaban J connectivity index is 2.20. The van der Waals surface area contributed by atoms with Crippen LogP contribution in [0.4, 0.5) is 0 Å². The number of alkyl halides is 1. The highest BCUT2D eigenvalue weighted by molar-refractivity contribution is 6.20. The van der Waals surface area contributed by atoms with E-state index in [1.165, 1.54) is 11.1 Å². The summed E-state index contributed by atoms with van der Waals surface area (Å²) < 4.78 is 0. The van der Waals surface area contributed by atoms with Crippen LogP contribution >= 0.6 is 11.6 Å². The molecule has 0 radical (unpaired) electrons. The average Bonchev–Trinajstić information content (AvgIpc) is 2.23. The molecule has 2 unspecified atom stereocenters. The summed E-state index contributed by atoms with van der Waals surface area (Å²) >= 11 is 6.19. The highest BCUT2D eigenvalue weighted by atomic mass is 35.5. The zero-order valence-corrected chi connectivity index (χ0v) is 9.00. The van der Waals surface area contributed by atoms with E-state index < -0.39 is 0 Å². The van der Waals surface area contributed by atoms with Crippen molar-refractivity contribution < 1.29 is 0 Å². The Bertz CT molecular complexity index is 315. The fourth-order valence-electron chi connectivity index (χ4n) is 2.11. The highest BCUT2D eigenvalue weighted by Crippen LogP contribution is 2.38. The van der Waals surface area contributed by atoms with Gasteiger partial charge in [-0.15, -0.1) is 11.6 Å². The standard InChI is InChI=1S/C13H15Cl/c1-10-7-8-12(14)9-13(10)11-5-3-2-4-6-11/h2-6,12-13H,1,7-9H2. The van der Waals surface area contributed by atoms with E-state index in [2.05, 4.69) is 30.8 Å². The van der Waals surface area contributed by atoms with Gasteiger partial charge in [-0.05, 0) is 24.8 Å². The SMILES string of the molecule is C=C1CCC(Cl)CC1c1ccccc1. The summed E-state index contributed by atoms with van der Waals surface area (Å²) in [4.78, 5) is 0. The van der Waals surface area contributed by atoms with Crippen molar-refractivity contribution in [1.82, 2.24) is 0 Å². The van der Waals surface area contributed by atoms with Gasteiger partial charge in [0, 0.05) is 11.3 Å². The summed E-state index contributed by atoms with van der Waals surface area (Å²) in [5, 5.41) is 0.325. The van der Waals surface area contributed by atoms with Crippen molar-refractivity contribution in [3.8, 4) is 0 Å². The average molecular weight is 207 g/mol. The second-order valence-electron chi connectivity index (χ2n) is 3.99. The van der Waals surface area contributed by atoms with Gasteiger partial charge in [-0.25, -0.2) is 0 Å². The summed E-state index contributed by atoms with van der Waals surface area (Å²) in [6.45, 7) is 4.15. The summed E-state index contributed by atoms with van der Waals surface area (Å²) in [7, 11) is 0. The maximum absolute atomic E-state index is 6.19. The van der Waals surface area contributed by atoms with Crippen LogP contribution in [0.25, 0.3) is 0 Å². The molecular formula is C13H15Cl. The van der Waals surface area contributed by atoms with Gasteiger partial charge in [0.25, 0.3) is 0 Å². The van der Waals surface area contributed by atoms with Crippen LogP contribution in [0.2, 0.25) is 0 Å². The maximum Gasteiger partial charge on any atom is 0.0348 e. The van der Waals surface area contributed by atoms with E-state index in [0.29, 0.717) is 11.3 Å². The zero-order chi connectivity index (χ0) is 9.97. The number of benzene rings is 1. The normalized spacial score (nSPS) is 27.6. The van der Waals surface area contributed by atoms with Crippen molar-refractivity contribution in [3.05, 3.63) is 48.0 Å². The third kappa shape index (κ3) is 2.01. The second-order valence-corrected chi connectivity index (χ2v) is 4.61. The van der Waals surface area contributed by atoms with Gasteiger partial charge in [-0.1, -0.05) is 42.5 Å². The minimum absolute atomic E-state index is 0.325. The molecule has 2 rings (SSSR count). The molecule has 1 fully saturated rings. The van der Waals surface area contributed by atoms with Crippen LogP contribution in [0, 0.1) is 0 Å². The molecule has 1 aliphatic rings. The molecule has 14 heavy (non-hydrogen) atoms. The molecule has 0 bridgehead atoms. The van der Waals surface area contributed by atoms with Gasteiger partial charge in [0.15, 0.2) is 0 Å². The Morgan fingerprint density at radius 1 is 1.21 bits per heavy atom. The monoisotopic (exact) mass is 206 g/mol. The zero-order valence-electron chi connectivity index (χ0n) is 8.25. The van der Waals surface area contributed by atoms with Crippen molar-refractivity contribution in [2.24, 2.45) is 0 Å². The molecule has 1 saturated carbocycles. The fourth-order valence-corrected chi connectivity index (χ4v) is 2.40. The molecule has 0 spiro atoms. The topological polar surface area (TPSA) is 0 Å². The lowest BCUT2D eigenvalue weighted by atomic mass is 9.80. The van der Waals surface area contributed by atoms with E-state index >= 15 is 0 Å². The molecule has 0 heterocycles. The third-order valence-corrected chi connectivity index (χ3v) is 3.36. The molecule has 1 aliphatic carbocycles. The van der Waals surface area contributed by atoms with Crippen LogP contribution in [-0.2, 0) is 0 Å². The lowest BCUT2D eigenvalue weighted by Crippen LogP contribution is -2.15. The van der Waals surface area contributed by atoms with Crippen LogP contribution < -0.4 is 0 Å². The van der Waals surface area contributed by atoms with E-state index in [1.54, 1.807) is 0 Å². The molecule has 0 N–H and O–H groups in total. The quantitative estimate of drug-likeness (QED) is 0.479. The smallest absolute Gasteiger partial charge is 0.0348 e. The lowest BCUT2D eigenvalue weighted by Gasteiger charge is -2.28.